The van der Waals surface area contributed by atoms with Crippen molar-refractivity contribution in [3.8, 4) is 0 Å². The monoisotopic (exact) mass is 259 g/mol. The Hall–Kier alpha value is -0.520. The van der Waals surface area contributed by atoms with E-state index in [9.17, 15) is 4.55 Å². The van der Waals surface area contributed by atoms with E-state index in [1.807, 2.05) is 0 Å². The SMILES string of the molecule is CCC(C)Nc1nc(Cl)nc2c1[S+]([O-])CC2. The summed E-state index contributed by atoms with van der Waals surface area (Å²) < 4.78 is 11.8. The van der Waals surface area contributed by atoms with Crippen molar-refractivity contribution in [2.45, 2.75) is 37.6 Å². The molecule has 0 aliphatic carbocycles. The number of hydrogen-bond donors (Lipinski definition) is 1. The van der Waals surface area contributed by atoms with Gasteiger partial charge in [0.25, 0.3) is 0 Å². The molecule has 6 heteroatoms. The van der Waals surface area contributed by atoms with Gasteiger partial charge in [-0.05, 0) is 36.1 Å². The molecule has 2 rings (SSSR count). The molecule has 2 heterocycles. The second kappa shape index (κ2) is 4.77. The molecule has 1 aliphatic heterocycles. The molecule has 2 atom stereocenters. The van der Waals surface area contributed by atoms with Gasteiger partial charge in [0, 0.05) is 12.5 Å². The van der Waals surface area contributed by atoms with E-state index in [2.05, 4.69) is 29.1 Å². The minimum Gasteiger partial charge on any atom is -0.611 e. The van der Waals surface area contributed by atoms with Crippen molar-refractivity contribution in [3.63, 3.8) is 0 Å². The summed E-state index contributed by atoms with van der Waals surface area (Å²) >= 11 is 4.86. The Kier molecular flexibility index (Phi) is 3.56. The van der Waals surface area contributed by atoms with Crippen molar-refractivity contribution in [2.75, 3.05) is 11.1 Å². The molecule has 2 unspecified atom stereocenters. The summed E-state index contributed by atoms with van der Waals surface area (Å²) in [7, 11) is 0. The van der Waals surface area contributed by atoms with Gasteiger partial charge in [0.2, 0.25) is 10.2 Å². The number of aromatic nitrogens is 2. The molecule has 88 valence electrons. The number of aryl methyl sites for hydroxylation is 1. The summed E-state index contributed by atoms with van der Waals surface area (Å²) in [5.41, 5.74) is 0.823. The lowest BCUT2D eigenvalue weighted by Crippen LogP contribution is -2.17. The van der Waals surface area contributed by atoms with Crippen LogP contribution in [0, 0.1) is 0 Å². The molecule has 0 amide bonds. The van der Waals surface area contributed by atoms with Crippen LogP contribution in [0.2, 0.25) is 5.28 Å². The van der Waals surface area contributed by atoms with Crippen LogP contribution in [0.3, 0.4) is 0 Å². The summed E-state index contributed by atoms with van der Waals surface area (Å²) in [5.74, 6) is 1.26. The highest BCUT2D eigenvalue weighted by Crippen LogP contribution is 2.31. The van der Waals surface area contributed by atoms with Crippen LogP contribution in [0.4, 0.5) is 5.82 Å². The van der Waals surface area contributed by atoms with E-state index in [4.69, 9.17) is 11.6 Å². The van der Waals surface area contributed by atoms with Gasteiger partial charge < -0.3 is 9.87 Å². The predicted octanol–water partition coefficient (Wildman–Crippen LogP) is 2.00. The molecule has 0 aromatic carbocycles. The average Bonchev–Trinajstić information content (AvgIpc) is 2.60. The molecule has 0 saturated carbocycles. The third-order valence-corrected chi connectivity index (χ3v) is 4.28. The highest BCUT2D eigenvalue weighted by atomic mass is 35.5. The van der Waals surface area contributed by atoms with E-state index in [0.717, 1.165) is 23.4 Å². The predicted molar refractivity (Wildman–Crippen MR) is 65.4 cm³/mol. The number of nitrogens with one attached hydrogen (secondary N) is 1. The molecule has 4 nitrogen and oxygen atoms in total. The first kappa shape index (κ1) is 12.0. The summed E-state index contributed by atoms with van der Waals surface area (Å²) in [6.07, 6.45) is 1.70. The molecule has 0 bridgehead atoms. The van der Waals surface area contributed by atoms with Crippen molar-refractivity contribution >= 4 is 28.6 Å². The molecule has 16 heavy (non-hydrogen) atoms. The van der Waals surface area contributed by atoms with Gasteiger partial charge in [-0.15, -0.1) is 0 Å². The van der Waals surface area contributed by atoms with Crippen LogP contribution >= 0.6 is 11.6 Å². The zero-order chi connectivity index (χ0) is 11.7. The van der Waals surface area contributed by atoms with E-state index >= 15 is 0 Å². The van der Waals surface area contributed by atoms with E-state index < -0.39 is 11.2 Å². The minimum absolute atomic E-state index is 0.225. The number of halogens is 1. The van der Waals surface area contributed by atoms with Crippen LogP contribution in [0.5, 0.6) is 0 Å². The second-order valence-corrected chi connectivity index (χ2v) is 5.72. The average molecular weight is 260 g/mol. The van der Waals surface area contributed by atoms with Gasteiger partial charge in [-0.1, -0.05) is 6.92 Å². The number of anilines is 1. The zero-order valence-corrected chi connectivity index (χ0v) is 10.9. The fraction of sp³-hybridized carbons (Fsp3) is 0.600. The number of nitrogens with zero attached hydrogens (tertiary/aromatic N) is 2. The Morgan fingerprint density at radius 2 is 2.31 bits per heavy atom. The Labute approximate surface area is 103 Å². The van der Waals surface area contributed by atoms with Gasteiger partial charge in [-0.3, -0.25) is 0 Å². The van der Waals surface area contributed by atoms with Gasteiger partial charge in [0.1, 0.15) is 11.4 Å². The molecule has 0 saturated heterocycles. The summed E-state index contributed by atoms with van der Waals surface area (Å²) in [5, 5.41) is 3.46. The lowest BCUT2D eigenvalue weighted by Gasteiger charge is -2.14. The lowest BCUT2D eigenvalue weighted by atomic mass is 10.2. The summed E-state index contributed by atoms with van der Waals surface area (Å²) in [6.45, 7) is 4.14. The molecule has 1 aromatic rings. The third-order valence-electron chi connectivity index (χ3n) is 2.66. The smallest absolute Gasteiger partial charge is 0.224 e. The summed E-state index contributed by atoms with van der Waals surface area (Å²) in [6, 6.07) is 0.285. The highest BCUT2D eigenvalue weighted by Gasteiger charge is 2.31. The minimum atomic E-state index is -0.982. The van der Waals surface area contributed by atoms with Gasteiger partial charge >= 0.3 is 0 Å². The van der Waals surface area contributed by atoms with Gasteiger partial charge in [0.15, 0.2) is 5.82 Å². The maximum Gasteiger partial charge on any atom is 0.224 e. The number of fused-ring (bicyclic) bond motifs is 1. The Morgan fingerprint density at radius 1 is 1.56 bits per heavy atom. The van der Waals surface area contributed by atoms with Crippen LogP contribution in [0.1, 0.15) is 26.0 Å². The van der Waals surface area contributed by atoms with Crippen molar-refractivity contribution in [3.05, 3.63) is 11.0 Å². The maximum atomic E-state index is 11.8. The Morgan fingerprint density at radius 3 is 3.00 bits per heavy atom. The molecule has 1 N–H and O–H groups in total. The van der Waals surface area contributed by atoms with Crippen LogP contribution in [-0.2, 0) is 17.6 Å². The normalized spacial score (nSPS) is 20.6. The molecular weight excluding hydrogens is 246 g/mol. The Balaban J connectivity index is 2.36. The van der Waals surface area contributed by atoms with Crippen LogP contribution in [-0.4, -0.2) is 26.3 Å². The van der Waals surface area contributed by atoms with E-state index in [1.165, 1.54) is 0 Å². The fourth-order valence-electron chi connectivity index (χ4n) is 1.60. The summed E-state index contributed by atoms with van der Waals surface area (Å²) in [4.78, 5) is 8.99. The van der Waals surface area contributed by atoms with E-state index in [1.54, 1.807) is 0 Å². The van der Waals surface area contributed by atoms with Crippen LogP contribution in [0.15, 0.2) is 4.90 Å². The molecule has 0 fully saturated rings. The first-order valence-electron chi connectivity index (χ1n) is 5.33. The molecular formula is C10H14ClN3OS. The van der Waals surface area contributed by atoms with E-state index in [0.29, 0.717) is 11.6 Å². The van der Waals surface area contributed by atoms with Crippen molar-refractivity contribution in [1.82, 2.24) is 9.97 Å². The van der Waals surface area contributed by atoms with Crippen molar-refractivity contribution in [2.24, 2.45) is 0 Å². The number of rotatable bonds is 3. The van der Waals surface area contributed by atoms with Gasteiger partial charge in [-0.2, -0.15) is 4.98 Å². The number of hydrogen-bond acceptors (Lipinski definition) is 4. The first-order valence-corrected chi connectivity index (χ1v) is 7.02. The van der Waals surface area contributed by atoms with Crippen LogP contribution < -0.4 is 5.32 Å². The molecule has 0 spiro atoms. The highest BCUT2D eigenvalue weighted by molar-refractivity contribution is 7.91. The van der Waals surface area contributed by atoms with E-state index in [-0.39, 0.29) is 11.3 Å². The van der Waals surface area contributed by atoms with Gasteiger partial charge in [0.05, 0.1) is 0 Å². The van der Waals surface area contributed by atoms with Gasteiger partial charge in [-0.25, -0.2) is 4.98 Å². The second-order valence-electron chi connectivity index (χ2n) is 3.87. The zero-order valence-electron chi connectivity index (χ0n) is 9.29. The standard InChI is InChI=1S/C10H14ClN3OS/c1-3-6(2)12-9-8-7(4-5-16(8)15)13-10(11)14-9/h6H,3-5H2,1-2H3,(H,12,13,14). The largest absolute Gasteiger partial charge is 0.611 e. The molecule has 1 aliphatic rings. The lowest BCUT2D eigenvalue weighted by molar-refractivity contribution is 0.598. The van der Waals surface area contributed by atoms with Crippen molar-refractivity contribution in [1.29, 1.82) is 0 Å². The quantitative estimate of drug-likeness (QED) is 0.666. The molecule has 0 radical (unpaired) electrons. The van der Waals surface area contributed by atoms with Crippen molar-refractivity contribution < 1.29 is 4.55 Å². The fourth-order valence-corrected chi connectivity index (χ4v) is 3.10. The Bertz CT molecular complexity index is 402. The molecule has 1 aromatic heterocycles. The first-order chi connectivity index (χ1) is 7.61. The maximum absolute atomic E-state index is 11.8. The topological polar surface area (TPSA) is 60.9 Å². The van der Waals surface area contributed by atoms with Crippen LogP contribution in [0.25, 0.3) is 0 Å². The third kappa shape index (κ3) is 2.26.